The smallest absolute Gasteiger partial charge is 0.257 e. The second-order valence-corrected chi connectivity index (χ2v) is 4.33. The fourth-order valence-electron chi connectivity index (χ4n) is 2.33. The van der Waals surface area contributed by atoms with Crippen molar-refractivity contribution in [3.05, 3.63) is 23.8 Å². The predicted octanol–water partition coefficient (Wildman–Crippen LogP) is 1.69. The summed E-state index contributed by atoms with van der Waals surface area (Å²) < 4.78 is 11.0. The molecule has 2 aliphatic rings. The normalized spacial score (nSPS) is 18.2. The van der Waals surface area contributed by atoms with E-state index in [2.05, 4.69) is 0 Å². The van der Waals surface area contributed by atoms with E-state index in [9.17, 15) is 4.79 Å². The SMILES string of the molecule is O=C(c1cccc2c1OCCO2)N1CCCC1. The lowest BCUT2D eigenvalue weighted by Crippen LogP contribution is -2.29. The summed E-state index contributed by atoms with van der Waals surface area (Å²) in [6.07, 6.45) is 2.19. The Morgan fingerprint density at radius 3 is 2.71 bits per heavy atom. The molecule has 3 rings (SSSR count). The largest absolute Gasteiger partial charge is 0.486 e. The molecule has 0 aliphatic carbocycles. The van der Waals surface area contributed by atoms with Crippen LogP contribution in [0.5, 0.6) is 11.5 Å². The summed E-state index contributed by atoms with van der Waals surface area (Å²) in [6, 6.07) is 5.50. The zero-order chi connectivity index (χ0) is 11.7. The molecule has 0 radical (unpaired) electrons. The molecule has 1 saturated heterocycles. The molecule has 4 nitrogen and oxygen atoms in total. The molecule has 1 aromatic rings. The molecule has 0 bridgehead atoms. The van der Waals surface area contributed by atoms with E-state index in [0.29, 0.717) is 30.3 Å². The quantitative estimate of drug-likeness (QED) is 0.741. The monoisotopic (exact) mass is 233 g/mol. The van der Waals surface area contributed by atoms with Crippen molar-refractivity contribution in [1.82, 2.24) is 4.90 Å². The highest BCUT2D eigenvalue weighted by Crippen LogP contribution is 2.34. The van der Waals surface area contributed by atoms with Gasteiger partial charge in [-0.2, -0.15) is 0 Å². The summed E-state index contributed by atoms with van der Waals surface area (Å²) in [4.78, 5) is 14.2. The van der Waals surface area contributed by atoms with E-state index in [4.69, 9.17) is 9.47 Å². The van der Waals surface area contributed by atoms with Gasteiger partial charge in [0.1, 0.15) is 13.2 Å². The topological polar surface area (TPSA) is 38.8 Å². The molecule has 1 aromatic carbocycles. The third-order valence-corrected chi connectivity index (χ3v) is 3.19. The number of amides is 1. The maximum absolute atomic E-state index is 12.3. The van der Waals surface area contributed by atoms with Crippen molar-refractivity contribution in [2.75, 3.05) is 26.3 Å². The van der Waals surface area contributed by atoms with E-state index in [1.165, 1.54) is 0 Å². The predicted molar refractivity (Wildman–Crippen MR) is 62.6 cm³/mol. The number of rotatable bonds is 1. The van der Waals surface area contributed by atoms with Crippen LogP contribution in [0.1, 0.15) is 23.2 Å². The molecule has 1 amide bonds. The Bertz CT molecular complexity index is 438. The van der Waals surface area contributed by atoms with Crippen molar-refractivity contribution in [3.8, 4) is 11.5 Å². The van der Waals surface area contributed by atoms with Crippen LogP contribution in [0.4, 0.5) is 0 Å². The molecule has 0 aromatic heterocycles. The Hall–Kier alpha value is -1.71. The molecule has 2 heterocycles. The van der Waals surface area contributed by atoms with Crippen molar-refractivity contribution in [2.45, 2.75) is 12.8 Å². The van der Waals surface area contributed by atoms with Crippen molar-refractivity contribution >= 4 is 5.91 Å². The van der Waals surface area contributed by atoms with E-state index in [1.807, 2.05) is 23.1 Å². The maximum Gasteiger partial charge on any atom is 0.257 e. The minimum atomic E-state index is 0.0600. The van der Waals surface area contributed by atoms with Crippen LogP contribution < -0.4 is 9.47 Å². The first-order chi connectivity index (χ1) is 8.36. The second kappa shape index (κ2) is 4.28. The lowest BCUT2D eigenvalue weighted by atomic mass is 10.1. The molecule has 0 unspecified atom stereocenters. The first-order valence-electron chi connectivity index (χ1n) is 6.04. The fraction of sp³-hybridized carbons (Fsp3) is 0.462. The van der Waals surface area contributed by atoms with E-state index >= 15 is 0 Å². The van der Waals surface area contributed by atoms with Gasteiger partial charge in [0.25, 0.3) is 5.91 Å². The Morgan fingerprint density at radius 2 is 1.88 bits per heavy atom. The van der Waals surface area contributed by atoms with Gasteiger partial charge in [0.15, 0.2) is 11.5 Å². The molecular formula is C13H15NO3. The first kappa shape index (κ1) is 10.4. The molecule has 90 valence electrons. The first-order valence-corrected chi connectivity index (χ1v) is 6.04. The molecule has 0 atom stereocenters. The van der Waals surface area contributed by atoms with E-state index in [0.717, 1.165) is 25.9 Å². The maximum atomic E-state index is 12.3. The summed E-state index contributed by atoms with van der Waals surface area (Å²) >= 11 is 0. The molecule has 2 aliphatic heterocycles. The van der Waals surface area contributed by atoms with Crippen LogP contribution in [0.25, 0.3) is 0 Å². The van der Waals surface area contributed by atoms with Crippen LogP contribution in [0, 0.1) is 0 Å². The molecule has 1 fully saturated rings. The van der Waals surface area contributed by atoms with Crippen LogP contribution in [0.15, 0.2) is 18.2 Å². The summed E-state index contributed by atoms with van der Waals surface area (Å²) in [5, 5.41) is 0. The second-order valence-electron chi connectivity index (χ2n) is 4.33. The highest BCUT2D eigenvalue weighted by molar-refractivity contribution is 5.98. The van der Waals surface area contributed by atoms with Gasteiger partial charge in [0.05, 0.1) is 5.56 Å². The number of ether oxygens (including phenoxy) is 2. The number of hydrogen-bond acceptors (Lipinski definition) is 3. The number of fused-ring (bicyclic) bond motifs is 1. The number of carbonyl (C=O) groups is 1. The lowest BCUT2D eigenvalue weighted by Gasteiger charge is -2.22. The van der Waals surface area contributed by atoms with Crippen molar-refractivity contribution in [2.24, 2.45) is 0 Å². The molecule has 0 spiro atoms. The molecule has 4 heteroatoms. The highest BCUT2D eigenvalue weighted by Gasteiger charge is 2.25. The lowest BCUT2D eigenvalue weighted by molar-refractivity contribution is 0.0782. The molecule has 0 N–H and O–H groups in total. The molecular weight excluding hydrogens is 218 g/mol. The van der Waals surface area contributed by atoms with Gasteiger partial charge in [-0.1, -0.05) is 6.07 Å². The van der Waals surface area contributed by atoms with Crippen molar-refractivity contribution in [1.29, 1.82) is 0 Å². The average molecular weight is 233 g/mol. The van der Waals surface area contributed by atoms with Gasteiger partial charge >= 0.3 is 0 Å². The number of likely N-dealkylation sites (tertiary alicyclic amines) is 1. The van der Waals surface area contributed by atoms with Gasteiger partial charge in [0.2, 0.25) is 0 Å². The van der Waals surface area contributed by atoms with Crippen molar-refractivity contribution in [3.63, 3.8) is 0 Å². The third-order valence-electron chi connectivity index (χ3n) is 3.19. The van der Waals surface area contributed by atoms with Crippen LogP contribution in [0.3, 0.4) is 0 Å². The minimum absolute atomic E-state index is 0.0600. The summed E-state index contributed by atoms with van der Waals surface area (Å²) in [7, 11) is 0. The number of hydrogen-bond donors (Lipinski definition) is 0. The van der Waals surface area contributed by atoms with Crippen LogP contribution >= 0.6 is 0 Å². The van der Waals surface area contributed by atoms with E-state index in [1.54, 1.807) is 0 Å². The van der Waals surface area contributed by atoms with Crippen LogP contribution in [0.2, 0.25) is 0 Å². The Labute approximate surface area is 100 Å². The number of benzene rings is 1. The summed E-state index contributed by atoms with van der Waals surface area (Å²) in [5.74, 6) is 1.35. The van der Waals surface area contributed by atoms with Gasteiger partial charge in [-0.15, -0.1) is 0 Å². The minimum Gasteiger partial charge on any atom is -0.486 e. The van der Waals surface area contributed by atoms with Gasteiger partial charge in [-0.3, -0.25) is 4.79 Å². The van der Waals surface area contributed by atoms with E-state index < -0.39 is 0 Å². The van der Waals surface area contributed by atoms with Gasteiger partial charge in [-0.05, 0) is 25.0 Å². The Balaban J connectivity index is 1.94. The molecule has 17 heavy (non-hydrogen) atoms. The number of para-hydroxylation sites is 1. The van der Waals surface area contributed by atoms with Gasteiger partial charge in [0, 0.05) is 13.1 Å². The Kier molecular flexibility index (Phi) is 2.63. The zero-order valence-electron chi connectivity index (χ0n) is 9.65. The summed E-state index contributed by atoms with van der Waals surface area (Å²) in [6.45, 7) is 2.76. The van der Waals surface area contributed by atoms with Crippen LogP contribution in [-0.2, 0) is 0 Å². The molecule has 0 saturated carbocycles. The number of carbonyl (C=O) groups excluding carboxylic acids is 1. The van der Waals surface area contributed by atoms with Gasteiger partial charge in [-0.25, -0.2) is 0 Å². The van der Waals surface area contributed by atoms with E-state index in [-0.39, 0.29) is 5.91 Å². The Morgan fingerprint density at radius 1 is 1.12 bits per heavy atom. The van der Waals surface area contributed by atoms with Gasteiger partial charge < -0.3 is 14.4 Å². The number of nitrogens with zero attached hydrogens (tertiary/aromatic N) is 1. The summed E-state index contributed by atoms with van der Waals surface area (Å²) in [5.41, 5.74) is 0.629. The standard InChI is InChI=1S/C13H15NO3/c15-13(14-6-1-2-7-14)10-4-3-5-11-12(10)17-9-8-16-11/h3-5H,1-2,6-9H2. The fourth-order valence-corrected chi connectivity index (χ4v) is 2.33. The zero-order valence-corrected chi connectivity index (χ0v) is 9.65. The highest BCUT2D eigenvalue weighted by atomic mass is 16.6. The third kappa shape index (κ3) is 1.84. The van der Waals surface area contributed by atoms with Crippen LogP contribution in [-0.4, -0.2) is 37.1 Å². The average Bonchev–Trinajstić information content (AvgIpc) is 2.91. The van der Waals surface area contributed by atoms with Crippen molar-refractivity contribution < 1.29 is 14.3 Å².